The molecule has 0 spiro atoms. The summed E-state index contributed by atoms with van der Waals surface area (Å²) in [4.78, 5) is 17.9. The van der Waals surface area contributed by atoms with Gasteiger partial charge >= 0.3 is 0 Å². The predicted molar refractivity (Wildman–Crippen MR) is 109 cm³/mol. The van der Waals surface area contributed by atoms with Crippen LogP contribution >= 0.6 is 11.5 Å². The summed E-state index contributed by atoms with van der Waals surface area (Å²) < 4.78 is 11.3. The lowest BCUT2D eigenvalue weighted by atomic mass is 10.1. The number of imidazole rings is 1. The number of carbonyl (C=O) groups excluding carboxylic acids is 1. The molecule has 7 nitrogen and oxygen atoms in total. The van der Waals surface area contributed by atoms with Crippen LogP contribution < -0.4 is 10.1 Å². The zero-order chi connectivity index (χ0) is 19.5. The molecule has 142 valence electrons. The Kier molecular flexibility index (Phi) is 5.03. The van der Waals surface area contributed by atoms with Crippen molar-refractivity contribution in [1.82, 2.24) is 19.0 Å². The van der Waals surface area contributed by atoms with E-state index in [0.717, 1.165) is 47.0 Å². The van der Waals surface area contributed by atoms with Gasteiger partial charge in [0.1, 0.15) is 16.3 Å². The number of benzene rings is 1. The Bertz CT molecular complexity index is 1100. The molecule has 0 aliphatic rings. The van der Waals surface area contributed by atoms with Crippen LogP contribution in [0.25, 0.3) is 16.9 Å². The number of ether oxygens (including phenoxy) is 1. The van der Waals surface area contributed by atoms with Crippen molar-refractivity contribution in [2.24, 2.45) is 0 Å². The van der Waals surface area contributed by atoms with E-state index in [9.17, 15) is 4.79 Å². The molecule has 1 N–H and O–H groups in total. The highest BCUT2D eigenvalue weighted by Gasteiger charge is 2.18. The highest BCUT2D eigenvalue weighted by atomic mass is 32.1. The van der Waals surface area contributed by atoms with E-state index in [1.54, 1.807) is 7.11 Å². The lowest BCUT2D eigenvalue weighted by Crippen LogP contribution is -2.13. The van der Waals surface area contributed by atoms with Gasteiger partial charge in [0.15, 0.2) is 0 Å². The monoisotopic (exact) mass is 393 g/mol. The number of hydrogen-bond donors (Lipinski definition) is 1. The molecule has 0 saturated heterocycles. The van der Waals surface area contributed by atoms with E-state index in [2.05, 4.69) is 19.9 Å². The van der Waals surface area contributed by atoms with Crippen LogP contribution in [0, 0.1) is 0 Å². The number of aryl methyl sites for hydroxylation is 1. The van der Waals surface area contributed by atoms with E-state index in [-0.39, 0.29) is 5.91 Å². The zero-order valence-electron chi connectivity index (χ0n) is 15.5. The summed E-state index contributed by atoms with van der Waals surface area (Å²) in [6, 6.07) is 11.5. The van der Waals surface area contributed by atoms with Crippen molar-refractivity contribution < 1.29 is 9.53 Å². The predicted octanol–water partition coefficient (Wildman–Crippen LogP) is 4.07. The quantitative estimate of drug-likeness (QED) is 0.534. The van der Waals surface area contributed by atoms with Crippen molar-refractivity contribution in [3.63, 3.8) is 0 Å². The Morgan fingerprint density at radius 3 is 2.96 bits per heavy atom. The summed E-state index contributed by atoms with van der Waals surface area (Å²) in [5.41, 5.74) is 3.86. The molecule has 3 heterocycles. The number of rotatable bonds is 6. The van der Waals surface area contributed by atoms with Gasteiger partial charge in [-0.15, -0.1) is 5.10 Å². The first-order valence-corrected chi connectivity index (χ1v) is 9.71. The molecule has 0 aliphatic carbocycles. The summed E-state index contributed by atoms with van der Waals surface area (Å²) >= 11 is 1.10. The van der Waals surface area contributed by atoms with Gasteiger partial charge in [-0.05, 0) is 48.3 Å². The van der Waals surface area contributed by atoms with Crippen LogP contribution in [0.3, 0.4) is 0 Å². The average Bonchev–Trinajstić information content (AvgIpc) is 3.35. The molecule has 3 aromatic heterocycles. The molecule has 28 heavy (non-hydrogen) atoms. The second-order valence-electron chi connectivity index (χ2n) is 6.26. The van der Waals surface area contributed by atoms with Crippen LogP contribution in [-0.2, 0) is 6.42 Å². The molecule has 0 atom stereocenters. The maximum Gasteiger partial charge on any atom is 0.269 e. The Labute approximate surface area is 166 Å². The summed E-state index contributed by atoms with van der Waals surface area (Å²) in [6.45, 7) is 2.04. The largest absolute Gasteiger partial charge is 0.495 e. The minimum absolute atomic E-state index is 0.232. The molecule has 0 fully saturated rings. The van der Waals surface area contributed by atoms with Crippen LogP contribution in [0.15, 0.2) is 48.8 Å². The average molecular weight is 393 g/mol. The fourth-order valence-electron chi connectivity index (χ4n) is 3.00. The number of aromatic nitrogens is 4. The second-order valence-corrected chi connectivity index (χ2v) is 7.01. The third-order valence-corrected chi connectivity index (χ3v) is 5.12. The number of carbonyl (C=O) groups is 1. The Balaban J connectivity index is 1.67. The number of methoxy groups -OCH3 is 1. The van der Waals surface area contributed by atoms with Crippen molar-refractivity contribution in [2.45, 2.75) is 19.8 Å². The third kappa shape index (κ3) is 3.46. The second kappa shape index (κ2) is 7.77. The topological polar surface area (TPSA) is 81.4 Å². The van der Waals surface area contributed by atoms with Crippen LogP contribution in [0.2, 0.25) is 0 Å². The Morgan fingerprint density at radius 2 is 2.18 bits per heavy atom. The molecule has 4 rings (SSSR count). The fraction of sp³-hybridized carbons (Fsp3) is 0.200. The number of pyridine rings is 1. The minimum atomic E-state index is -0.232. The highest BCUT2D eigenvalue weighted by molar-refractivity contribution is 7.08. The number of nitrogens with one attached hydrogen (secondary N) is 1. The van der Waals surface area contributed by atoms with Crippen molar-refractivity contribution >= 4 is 28.8 Å². The van der Waals surface area contributed by atoms with Crippen LogP contribution in [0.1, 0.15) is 28.7 Å². The summed E-state index contributed by atoms with van der Waals surface area (Å²) in [6.07, 6.45) is 5.52. The maximum atomic E-state index is 12.8. The van der Waals surface area contributed by atoms with Crippen LogP contribution in [-0.4, -0.2) is 32.0 Å². The van der Waals surface area contributed by atoms with E-state index in [0.29, 0.717) is 16.3 Å². The number of anilines is 1. The molecule has 1 aromatic carbocycles. The molecular weight excluding hydrogens is 374 g/mol. The van der Waals surface area contributed by atoms with Gasteiger partial charge in [-0.2, -0.15) is 0 Å². The van der Waals surface area contributed by atoms with Gasteiger partial charge in [0.2, 0.25) is 0 Å². The Morgan fingerprint density at radius 1 is 1.29 bits per heavy atom. The van der Waals surface area contributed by atoms with E-state index in [1.807, 2.05) is 60.1 Å². The SMILES string of the molecule is CCCc1nnsc1C(=O)Nc1cc(-c2cn3ccccc3n2)ccc1OC. The van der Waals surface area contributed by atoms with E-state index < -0.39 is 0 Å². The standard InChI is InChI=1S/C20H19N5O2S/c1-3-6-14-19(28-24-23-14)20(26)22-15-11-13(8-9-17(15)27-2)16-12-25-10-5-4-7-18(25)21-16/h4-5,7-12H,3,6H2,1-2H3,(H,22,26). The molecule has 1 amide bonds. The van der Waals surface area contributed by atoms with E-state index in [4.69, 9.17) is 4.74 Å². The first kappa shape index (κ1) is 18.1. The number of fused-ring (bicyclic) bond motifs is 1. The number of amides is 1. The molecule has 8 heteroatoms. The minimum Gasteiger partial charge on any atom is -0.495 e. The van der Waals surface area contributed by atoms with E-state index >= 15 is 0 Å². The molecule has 0 radical (unpaired) electrons. The molecule has 0 bridgehead atoms. The highest BCUT2D eigenvalue weighted by Crippen LogP contribution is 2.31. The Hall–Kier alpha value is -3.26. The van der Waals surface area contributed by atoms with Crippen molar-refractivity contribution in [3.8, 4) is 17.0 Å². The number of nitrogens with zero attached hydrogens (tertiary/aromatic N) is 4. The first-order valence-electron chi connectivity index (χ1n) is 8.94. The van der Waals surface area contributed by atoms with E-state index in [1.165, 1.54) is 0 Å². The normalized spacial score (nSPS) is 10.9. The summed E-state index contributed by atoms with van der Waals surface area (Å²) in [7, 11) is 1.58. The van der Waals surface area contributed by atoms with Gasteiger partial charge in [0.05, 0.1) is 24.2 Å². The maximum absolute atomic E-state index is 12.8. The van der Waals surface area contributed by atoms with Gasteiger partial charge in [-0.25, -0.2) is 4.98 Å². The van der Waals surface area contributed by atoms with Gasteiger partial charge in [-0.3, -0.25) is 4.79 Å². The third-order valence-electron chi connectivity index (χ3n) is 4.36. The van der Waals surface area contributed by atoms with Gasteiger partial charge in [-0.1, -0.05) is 23.9 Å². The van der Waals surface area contributed by atoms with Crippen molar-refractivity contribution in [2.75, 3.05) is 12.4 Å². The molecule has 0 saturated carbocycles. The lowest BCUT2D eigenvalue weighted by molar-refractivity contribution is 0.102. The van der Waals surface area contributed by atoms with Crippen molar-refractivity contribution in [3.05, 3.63) is 59.4 Å². The molecule has 0 aliphatic heterocycles. The molecular formula is C20H19N5O2S. The number of hydrogen-bond acceptors (Lipinski definition) is 6. The van der Waals surface area contributed by atoms with Gasteiger partial charge in [0.25, 0.3) is 5.91 Å². The smallest absolute Gasteiger partial charge is 0.269 e. The summed E-state index contributed by atoms with van der Waals surface area (Å²) in [5.74, 6) is 0.347. The van der Waals surface area contributed by atoms with Crippen molar-refractivity contribution in [1.29, 1.82) is 0 Å². The van der Waals surface area contributed by atoms with Gasteiger partial charge < -0.3 is 14.5 Å². The summed E-state index contributed by atoms with van der Waals surface area (Å²) in [5, 5.41) is 7.00. The first-order chi connectivity index (χ1) is 13.7. The lowest BCUT2D eigenvalue weighted by Gasteiger charge is -2.11. The van der Waals surface area contributed by atoms with Crippen LogP contribution in [0.4, 0.5) is 5.69 Å². The molecule has 0 unspecified atom stereocenters. The zero-order valence-corrected chi connectivity index (χ0v) is 16.4. The fourth-order valence-corrected chi connectivity index (χ4v) is 3.60. The molecule has 4 aromatic rings. The van der Waals surface area contributed by atoms with Crippen LogP contribution in [0.5, 0.6) is 5.75 Å². The van der Waals surface area contributed by atoms with Gasteiger partial charge in [0, 0.05) is 18.0 Å².